The first-order chi connectivity index (χ1) is 17.9. The molecule has 4 aromatic rings. The number of nitrogens with zero attached hydrogens (tertiary/aromatic N) is 3. The molecule has 1 aliphatic heterocycles. The van der Waals surface area contributed by atoms with Crippen molar-refractivity contribution in [3.63, 3.8) is 0 Å². The molecule has 6 rings (SSSR count). The number of hydrogen-bond donors (Lipinski definition) is 0. The molecule has 0 N–H and O–H groups in total. The van der Waals surface area contributed by atoms with E-state index < -0.39 is 11.6 Å². The third-order valence-electron chi connectivity index (χ3n) is 7.63. The number of oxazole rings is 1. The molecule has 0 bridgehead atoms. The summed E-state index contributed by atoms with van der Waals surface area (Å²) in [4.78, 5) is 20.3. The average molecular weight is 502 g/mol. The highest BCUT2D eigenvalue weighted by Gasteiger charge is 2.34. The van der Waals surface area contributed by atoms with Crippen LogP contribution in [0.25, 0.3) is 28.3 Å². The maximum absolute atomic E-state index is 15.0. The predicted octanol–water partition coefficient (Wildman–Crippen LogP) is 6.40. The second kappa shape index (κ2) is 9.38. The smallest absolute Gasteiger partial charge is 0.255 e. The highest BCUT2D eigenvalue weighted by atomic mass is 19.1. The van der Waals surface area contributed by atoms with Crippen LogP contribution in [0.1, 0.15) is 48.6 Å². The van der Waals surface area contributed by atoms with Crippen LogP contribution >= 0.6 is 0 Å². The van der Waals surface area contributed by atoms with Crippen LogP contribution in [0.3, 0.4) is 0 Å². The largest absolute Gasteiger partial charge is 0.440 e. The Bertz CT molecular complexity index is 1510. The summed E-state index contributed by atoms with van der Waals surface area (Å²) in [6, 6.07) is 13.2. The number of aromatic nitrogens is 2. The van der Waals surface area contributed by atoms with Gasteiger partial charge in [0.05, 0.1) is 11.3 Å². The minimum absolute atomic E-state index is 0.121. The van der Waals surface area contributed by atoms with Crippen molar-refractivity contribution in [3.05, 3.63) is 93.7 Å². The summed E-state index contributed by atoms with van der Waals surface area (Å²) >= 11 is 0. The molecule has 37 heavy (non-hydrogen) atoms. The zero-order valence-electron chi connectivity index (χ0n) is 21.0. The summed E-state index contributed by atoms with van der Waals surface area (Å²) in [5.41, 5.74) is 3.79. The number of para-hydroxylation sites is 1. The van der Waals surface area contributed by atoms with Crippen molar-refractivity contribution in [1.29, 1.82) is 0 Å². The molecule has 7 heteroatoms. The monoisotopic (exact) mass is 501 g/mol. The average Bonchev–Trinajstić information content (AvgIpc) is 3.64. The number of piperidine rings is 1. The third-order valence-corrected chi connectivity index (χ3v) is 7.63. The van der Waals surface area contributed by atoms with Crippen LogP contribution in [-0.4, -0.2) is 33.6 Å². The van der Waals surface area contributed by atoms with Crippen molar-refractivity contribution in [2.24, 2.45) is 0 Å². The van der Waals surface area contributed by atoms with E-state index in [0.717, 1.165) is 54.9 Å². The molecule has 1 saturated carbocycles. The summed E-state index contributed by atoms with van der Waals surface area (Å²) in [6.07, 6.45) is 6.13. The lowest BCUT2D eigenvalue weighted by atomic mass is 9.96. The van der Waals surface area contributed by atoms with Crippen molar-refractivity contribution >= 4 is 0 Å². The summed E-state index contributed by atoms with van der Waals surface area (Å²) in [5.74, 6) is -0.428. The van der Waals surface area contributed by atoms with Gasteiger partial charge in [0, 0.05) is 35.9 Å². The van der Waals surface area contributed by atoms with Gasteiger partial charge < -0.3 is 9.32 Å². The number of likely N-dealkylation sites (tertiary alicyclic amines) is 1. The topological polar surface area (TPSA) is 51.3 Å². The highest BCUT2D eigenvalue weighted by molar-refractivity contribution is 5.77. The van der Waals surface area contributed by atoms with Gasteiger partial charge in [-0.1, -0.05) is 18.2 Å². The fraction of sp³-hybridized carbons (Fsp3) is 0.333. The number of halogens is 2. The highest BCUT2D eigenvalue weighted by Crippen LogP contribution is 2.40. The number of aryl methyl sites for hydroxylation is 2. The Kier molecular flexibility index (Phi) is 6.03. The van der Waals surface area contributed by atoms with E-state index in [1.807, 2.05) is 32.0 Å². The summed E-state index contributed by atoms with van der Waals surface area (Å²) in [6.45, 7) is 5.90. The number of pyridine rings is 1. The van der Waals surface area contributed by atoms with E-state index in [4.69, 9.17) is 9.40 Å². The van der Waals surface area contributed by atoms with Gasteiger partial charge in [-0.05, 0) is 81.9 Å². The van der Waals surface area contributed by atoms with Gasteiger partial charge in [-0.25, -0.2) is 13.8 Å². The molecule has 0 amide bonds. The fourth-order valence-electron chi connectivity index (χ4n) is 5.50. The van der Waals surface area contributed by atoms with Crippen LogP contribution in [0.4, 0.5) is 8.78 Å². The summed E-state index contributed by atoms with van der Waals surface area (Å²) in [7, 11) is 0. The predicted molar refractivity (Wildman–Crippen MR) is 139 cm³/mol. The Labute approximate surface area is 214 Å². The van der Waals surface area contributed by atoms with E-state index in [2.05, 4.69) is 4.90 Å². The SMILES string of the molecule is Cc1cccc(C)c1-n1cc(-c2nc(C3CCN(C4CC4)CC3)oc2-c2ccc(F)cc2F)ccc1=O. The van der Waals surface area contributed by atoms with Gasteiger partial charge in [0.2, 0.25) is 0 Å². The van der Waals surface area contributed by atoms with E-state index in [9.17, 15) is 13.6 Å². The Balaban J connectivity index is 1.46. The van der Waals surface area contributed by atoms with E-state index in [1.165, 1.54) is 31.0 Å². The van der Waals surface area contributed by atoms with Crippen LogP contribution in [-0.2, 0) is 0 Å². The molecule has 0 atom stereocenters. The molecule has 2 aromatic carbocycles. The molecular weight excluding hydrogens is 472 g/mol. The molecule has 0 unspecified atom stereocenters. The minimum Gasteiger partial charge on any atom is -0.440 e. The second-order valence-electron chi connectivity index (χ2n) is 10.3. The van der Waals surface area contributed by atoms with E-state index in [-0.39, 0.29) is 22.8 Å². The van der Waals surface area contributed by atoms with Gasteiger partial charge in [-0.3, -0.25) is 9.36 Å². The van der Waals surface area contributed by atoms with Crippen LogP contribution < -0.4 is 5.56 Å². The molecule has 2 aromatic heterocycles. The first-order valence-electron chi connectivity index (χ1n) is 12.9. The first-order valence-corrected chi connectivity index (χ1v) is 12.9. The molecule has 3 heterocycles. The van der Waals surface area contributed by atoms with Crippen LogP contribution in [0.15, 0.2) is 63.9 Å². The van der Waals surface area contributed by atoms with Crippen LogP contribution in [0.2, 0.25) is 0 Å². The van der Waals surface area contributed by atoms with Gasteiger partial charge in [-0.15, -0.1) is 0 Å². The molecule has 2 fully saturated rings. The standard InChI is InChI=1S/C30H29F2N3O2/c1-18-4-3-5-19(2)28(18)35-17-21(6-11-26(35)36)27-29(24-10-7-22(31)16-25(24)32)37-30(33-27)20-12-14-34(15-13-20)23-8-9-23/h3-7,10-11,16-17,20,23H,8-9,12-15H2,1-2H3. The molecule has 5 nitrogen and oxygen atoms in total. The normalized spacial score (nSPS) is 16.9. The lowest BCUT2D eigenvalue weighted by molar-refractivity contribution is 0.192. The van der Waals surface area contributed by atoms with Crippen molar-refractivity contribution < 1.29 is 13.2 Å². The van der Waals surface area contributed by atoms with Crippen LogP contribution in [0, 0.1) is 25.5 Å². The van der Waals surface area contributed by atoms with Crippen molar-refractivity contribution in [1.82, 2.24) is 14.5 Å². The zero-order valence-corrected chi connectivity index (χ0v) is 21.0. The summed E-state index contributed by atoms with van der Waals surface area (Å²) < 4.78 is 36.6. The number of benzene rings is 2. The second-order valence-corrected chi connectivity index (χ2v) is 10.3. The molecule has 1 saturated heterocycles. The zero-order chi connectivity index (χ0) is 25.7. The quantitative estimate of drug-likeness (QED) is 0.318. The Hall–Kier alpha value is -3.58. The van der Waals surface area contributed by atoms with Gasteiger partial charge in [0.1, 0.15) is 17.3 Å². The maximum Gasteiger partial charge on any atom is 0.255 e. The molecule has 0 spiro atoms. The third kappa shape index (κ3) is 4.53. The van der Waals surface area contributed by atoms with Gasteiger partial charge >= 0.3 is 0 Å². The first kappa shape index (κ1) is 23.8. The molecule has 2 aliphatic rings. The molecule has 190 valence electrons. The lowest BCUT2D eigenvalue weighted by Crippen LogP contribution is -2.34. The van der Waals surface area contributed by atoms with Crippen LogP contribution in [0.5, 0.6) is 0 Å². The Morgan fingerprint density at radius 2 is 1.68 bits per heavy atom. The van der Waals surface area contributed by atoms with Crippen molar-refractivity contribution in [2.75, 3.05) is 13.1 Å². The van der Waals surface area contributed by atoms with Gasteiger partial charge in [0.15, 0.2) is 11.7 Å². The molecular formula is C30H29F2N3O2. The minimum atomic E-state index is -0.712. The maximum atomic E-state index is 15.0. The Morgan fingerprint density at radius 1 is 0.946 bits per heavy atom. The van der Waals surface area contributed by atoms with Gasteiger partial charge in [0.25, 0.3) is 5.56 Å². The number of hydrogen-bond acceptors (Lipinski definition) is 4. The Morgan fingerprint density at radius 3 is 2.35 bits per heavy atom. The lowest BCUT2D eigenvalue weighted by Gasteiger charge is -2.30. The van der Waals surface area contributed by atoms with E-state index in [0.29, 0.717) is 17.1 Å². The van der Waals surface area contributed by atoms with Crippen molar-refractivity contribution in [3.8, 4) is 28.3 Å². The number of rotatable bonds is 5. The van der Waals surface area contributed by atoms with Gasteiger partial charge in [-0.2, -0.15) is 0 Å². The summed E-state index contributed by atoms with van der Waals surface area (Å²) in [5, 5.41) is 0. The molecule has 0 radical (unpaired) electrons. The fourth-order valence-corrected chi connectivity index (χ4v) is 5.50. The van der Waals surface area contributed by atoms with E-state index >= 15 is 0 Å². The van der Waals surface area contributed by atoms with Crippen molar-refractivity contribution in [2.45, 2.75) is 51.5 Å². The molecule has 1 aliphatic carbocycles. The van der Waals surface area contributed by atoms with E-state index in [1.54, 1.807) is 16.8 Å².